The SMILES string of the molecule is Cc1ccccc1OCCCn1c(CN2CCCCC2)nc2ccccc21. The van der Waals surface area contributed by atoms with E-state index in [2.05, 4.69) is 46.7 Å². The van der Waals surface area contributed by atoms with E-state index in [0.29, 0.717) is 0 Å². The number of rotatable bonds is 7. The van der Waals surface area contributed by atoms with Crippen molar-refractivity contribution in [3.8, 4) is 5.75 Å². The standard InChI is InChI=1S/C23H29N3O/c1-19-10-3-6-13-22(19)27-17-9-16-26-21-12-5-4-11-20(21)24-23(26)18-25-14-7-2-8-15-25/h3-6,10-13H,2,7-9,14-18H2,1H3. The third kappa shape index (κ3) is 4.33. The van der Waals surface area contributed by atoms with Crippen LogP contribution in [0.3, 0.4) is 0 Å². The summed E-state index contributed by atoms with van der Waals surface area (Å²) in [6.07, 6.45) is 4.96. The molecule has 0 amide bonds. The lowest BCUT2D eigenvalue weighted by molar-refractivity contribution is 0.212. The Morgan fingerprint density at radius 1 is 0.963 bits per heavy atom. The van der Waals surface area contributed by atoms with Crippen LogP contribution in [0.4, 0.5) is 0 Å². The molecule has 4 rings (SSSR count). The first-order chi connectivity index (χ1) is 13.3. The van der Waals surface area contributed by atoms with Crippen LogP contribution in [0.2, 0.25) is 0 Å². The number of hydrogen-bond acceptors (Lipinski definition) is 3. The summed E-state index contributed by atoms with van der Waals surface area (Å²) < 4.78 is 8.39. The van der Waals surface area contributed by atoms with Crippen molar-refractivity contribution in [2.75, 3.05) is 19.7 Å². The highest BCUT2D eigenvalue weighted by atomic mass is 16.5. The zero-order valence-corrected chi connectivity index (χ0v) is 16.2. The molecule has 1 saturated heterocycles. The van der Waals surface area contributed by atoms with Gasteiger partial charge in [-0.15, -0.1) is 0 Å². The lowest BCUT2D eigenvalue weighted by Gasteiger charge is -2.26. The van der Waals surface area contributed by atoms with Crippen molar-refractivity contribution in [3.63, 3.8) is 0 Å². The van der Waals surface area contributed by atoms with E-state index in [1.54, 1.807) is 0 Å². The molecule has 0 radical (unpaired) electrons. The van der Waals surface area contributed by atoms with Gasteiger partial charge >= 0.3 is 0 Å². The molecular formula is C23H29N3O. The predicted molar refractivity (Wildman–Crippen MR) is 110 cm³/mol. The van der Waals surface area contributed by atoms with Crippen LogP contribution in [0, 0.1) is 6.92 Å². The van der Waals surface area contributed by atoms with E-state index in [1.165, 1.54) is 49.3 Å². The monoisotopic (exact) mass is 363 g/mol. The van der Waals surface area contributed by atoms with Crippen LogP contribution in [-0.2, 0) is 13.1 Å². The maximum atomic E-state index is 5.99. The van der Waals surface area contributed by atoms with Crippen LogP contribution in [0.1, 0.15) is 37.1 Å². The van der Waals surface area contributed by atoms with Crippen LogP contribution in [0.15, 0.2) is 48.5 Å². The smallest absolute Gasteiger partial charge is 0.124 e. The Hall–Kier alpha value is -2.33. The number of likely N-dealkylation sites (tertiary alicyclic amines) is 1. The molecule has 0 spiro atoms. The van der Waals surface area contributed by atoms with Gasteiger partial charge in [-0.1, -0.05) is 36.8 Å². The van der Waals surface area contributed by atoms with Gasteiger partial charge in [-0.2, -0.15) is 0 Å². The zero-order chi connectivity index (χ0) is 18.5. The van der Waals surface area contributed by atoms with Gasteiger partial charge in [0.15, 0.2) is 0 Å². The molecule has 2 heterocycles. The van der Waals surface area contributed by atoms with E-state index in [1.807, 2.05) is 18.2 Å². The first-order valence-electron chi connectivity index (χ1n) is 10.2. The minimum atomic E-state index is 0.723. The summed E-state index contributed by atoms with van der Waals surface area (Å²) in [5.41, 5.74) is 3.53. The van der Waals surface area contributed by atoms with Crippen molar-refractivity contribution in [2.24, 2.45) is 0 Å². The third-order valence-electron chi connectivity index (χ3n) is 5.42. The third-order valence-corrected chi connectivity index (χ3v) is 5.42. The minimum absolute atomic E-state index is 0.723. The Morgan fingerprint density at radius 3 is 2.59 bits per heavy atom. The van der Waals surface area contributed by atoms with Gasteiger partial charge in [-0.3, -0.25) is 4.90 Å². The Balaban J connectivity index is 1.44. The van der Waals surface area contributed by atoms with Gasteiger partial charge in [-0.25, -0.2) is 4.98 Å². The number of aromatic nitrogens is 2. The largest absolute Gasteiger partial charge is 0.493 e. The lowest BCUT2D eigenvalue weighted by atomic mass is 10.1. The summed E-state index contributed by atoms with van der Waals surface area (Å²) in [5.74, 6) is 2.18. The number of para-hydroxylation sites is 3. The number of imidazole rings is 1. The van der Waals surface area contributed by atoms with Crippen LogP contribution in [0.25, 0.3) is 11.0 Å². The molecule has 4 heteroatoms. The molecule has 0 unspecified atom stereocenters. The van der Waals surface area contributed by atoms with Crippen molar-refractivity contribution in [1.82, 2.24) is 14.5 Å². The Kier molecular flexibility index (Phi) is 5.73. The van der Waals surface area contributed by atoms with Gasteiger partial charge in [-0.05, 0) is 63.0 Å². The quantitative estimate of drug-likeness (QED) is 0.565. The highest BCUT2D eigenvalue weighted by Crippen LogP contribution is 2.20. The molecule has 0 bridgehead atoms. The molecule has 4 nitrogen and oxygen atoms in total. The Labute approximate surface area is 161 Å². The van der Waals surface area contributed by atoms with Gasteiger partial charge in [0.05, 0.1) is 24.2 Å². The molecule has 1 fully saturated rings. The molecule has 27 heavy (non-hydrogen) atoms. The van der Waals surface area contributed by atoms with Crippen molar-refractivity contribution in [3.05, 3.63) is 59.9 Å². The zero-order valence-electron chi connectivity index (χ0n) is 16.2. The molecule has 1 aliphatic heterocycles. The average molecular weight is 364 g/mol. The molecule has 1 aromatic heterocycles. The first kappa shape index (κ1) is 18.1. The number of ether oxygens (including phenoxy) is 1. The van der Waals surface area contributed by atoms with Gasteiger partial charge in [0, 0.05) is 6.54 Å². The highest BCUT2D eigenvalue weighted by molar-refractivity contribution is 5.75. The summed E-state index contributed by atoms with van der Waals surface area (Å²) in [6.45, 7) is 7.10. The number of fused-ring (bicyclic) bond motifs is 1. The molecule has 0 N–H and O–H groups in total. The maximum Gasteiger partial charge on any atom is 0.124 e. The second-order valence-electron chi connectivity index (χ2n) is 7.47. The predicted octanol–water partition coefficient (Wildman–Crippen LogP) is 4.80. The Bertz CT molecular complexity index is 880. The van der Waals surface area contributed by atoms with Crippen LogP contribution in [-0.4, -0.2) is 34.1 Å². The minimum Gasteiger partial charge on any atom is -0.493 e. The van der Waals surface area contributed by atoms with Gasteiger partial charge in [0.25, 0.3) is 0 Å². The molecular weight excluding hydrogens is 334 g/mol. The van der Waals surface area contributed by atoms with Crippen molar-refractivity contribution in [2.45, 2.75) is 45.7 Å². The van der Waals surface area contributed by atoms with E-state index in [9.17, 15) is 0 Å². The molecule has 2 aromatic carbocycles. The molecule has 0 atom stereocenters. The molecule has 0 saturated carbocycles. The average Bonchev–Trinajstić information content (AvgIpc) is 3.04. The normalized spacial score (nSPS) is 15.3. The number of nitrogens with zero attached hydrogens (tertiary/aromatic N) is 3. The van der Waals surface area contributed by atoms with Crippen LogP contribution in [0.5, 0.6) is 5.75 Å². The number of benzene rings is 2. The van der Waals surface area contributed by atoms with E-state index in [4.69, 9.17) is 9.72 Å². The van der Waals surface area contributed by atoms with Gasteiger partial charge in [0.2, 0.25) is 0 Å². The molecule has 1 aliphatic rings. The number of hydrogen-bond donors (Lipinski definition) is 0. The van der Waals surface area contributed by atoms with E-state index in [0.717, 1.165) is 37.4 Å². The van der Waals surface area contributed by atoms with Gasteiger partial charge < -0.3 is 9.30 Å². The summed E-state index contributed by atoms with van der Waals surface area (Å²) in [4.78, 5) is 7.48. The summed E-state index contributed by atoms with van der Waals surface area (Å²) in [5, 5.41) is 0. The summed E-state index contributed by atoms with van der Waals surface area (Å²) in [7, 11) is 0. The molecule has 3 aromatic rings. The highest BCUT2D eigenvalue weighted by Gasteiger charge is 2.16. The van der Waals surface area contributed by atoms with Gasteiger partial charge in [0.1, 0.15) is 11.6 Å². The maximum absolute atomic E-state index is 5.99. The van der Waals surface area contributed by atoms with E-state index >= 15 is 0 Å². The number of piperidine rings is 1. The van der Waals surface area contributed by atoms with Crippen LogP contribution < -0.4 is 4.74 Å². The first-order valence-corrected chi connectivity index (χ1v) is 10.2. The van der Waals surface area contributed by atoms with Crippen molar-refractivity contribution < 1.29 is 4.74 Å². The number of aryl methyl sites for hydroxylation is 2. The molecule has 142 valence electrons. The summed E-state index contributed by atoms with van der Waals surface area (Å²) >= 11 is 0. The fraction of sp³-hybridized carbons (Fsp3) is 0.435. The Morgan fingerprint density at radius 2 is 1.74 bits per heavy atom. The summed E-state index contributed by atoms with van der Waals surface area (Å²) in [6, 6.07) is 16.7. The lowest BCUT2D eigenvalue weighted by Crippen LogP contribution is -2.30. The van der Waals surface area contributed by atoms with Crippen molar-refractivity contribution in [1.29, 1.82) is 0 Å². The van der Waals surface area contributed by atoms with Crippen LogP contribution >= 0.6 is 0 Å². The van der Waals surface area contributed by atoms with Crippen molar-refractivity contribution >= 4 is 11.0 Å². The second kappa shape index (κ2) is 8.57. The van der Waals surface area contributed by atoms with E-state index in [-0.39, 0.29) is 0 Å². The second-order valence-corrected chi connectivity index (χ2v) is 7.47. The molecule has 0 aliphatic carbocycles. The topological polar surface area (TPSA) is 30.3 Å². The fourth-order valence-corrected chi connectivity index (χ4v) is 3.94. The fourth-order valence-electron chi connectivity index (χ4n) is 3.94. The van der Waals surface area contributed by atoms with E-state index < -0.39 is 0 Å².